The Morgan fingerprint density at radius 1 is 1.36 bits per heavy atom. The lowest BCUT2D eigenvalue weighted by Crippen LogP contribution is -2.58. The van der Waals surface area contributed by atoms with Gasteiger partial charge >= 0.3 is 17.8 Å². The normalized spacial score (nSPS) is 19.6. The van der Waals surface area contributed by atoms with Crippen LogP contribution in [0.4, 0.5) is 5.69 Å². The number of aromatic nitrogens is 1. The van der Waals surface area contributed by atoms with Crippen LogP contribution >= 0.6 is 11.6 Å². The molecule has 2 aliphatic heterocycles. The molecular formula is C16H16ClN3O5. The van der Waals surface area contributed by atoms with Crippen molar-refractivity contribution in [3.8, 4) is 5.75 Å². The Balaban J connectivity index is 2.04. The van der Waals surface area contributed by atoms with Crippen molar-refractivity contribution in [3.05, 3.63) is 42.4 Å². The number of rotatable bonds is 3. The molecule has 1 aromatic rings. The molecular weight excluding hydrogens is 350 g/mol. The van der Waals surface area contributed by atoms with Crippen molar-refractivity contribution in [1.82, 2.24) is 10.3 Å². The highest BCUT2D eigenvalue weighted by molar-refractivity contribution is 6.30. The maximum Gasteiger partial charge on any atom is 0.356 e. The summed E-state index contributed by atoms with van der Waals surface area (Å²) in [6.07, 6.45) is 5.51. The van der Waals surface area contributed by atoms with Crippen LogP contribution in [-0.4, -0.2) is 42.5 Å². The van der Waals surface area contributed by atoms with E-state index < -0.39 is 17.8 Å². The fourth-order valence-electron chi connectivity index (χ4n) is 2.66. The second-order valence-electron chi connectivity index (χ2n) is 5.34. The zero-order valence-electron chi connectivity index (χ0n) is 13.2. The van der Waals surface area contributed by atoms with Crippen LogP contribution in [-0.2, 0) is 19.1 Å². The molecule has 0 radical (unpaired) electrons. The predicted octanol–water partition coefficient (Wildman–Crippen LogP) is 1.37. The highest BCUT2D eigenvalue weighted by Crippen LogP contribution is 2.34. The number of anilines is 1. The fourth-order valence-corrected chi connectivity index (χ4v) is 2.81. The van der Waals surface area contributed by atoms with E-state index in [1.54, 1.807) is 11.0 Å². The minimum atomic E-state index is -1.63. The number of ether oxygens (including phenoxy) is 3. The molecule has 8 nitrogen and oxygen atoms in total. The van der Waals surface area contributed by atoms with Crippen molar-refractivity contribution in [1.29, 1.82) is 0 Å². The Labute approximate surface area is 149 Å². The molecule has 2 aliphatic rings. The topological polar surface area (TPSA) is 90.0 Å². The molecule has 3 rings (SSSR count). The Morgan fingerprint density at radius 3 is 2.76 bits per heavy atom. The molecule has 0 atom stereocenters. The Bertz CT molecular complexity index is 716. The minimum Gasteiger partial charge on any atom is -0.462 e. The average molecular weight is 366 g/mol. The summed E-state index contributed by atoms with van der Waals surface area (Å²) in [5, 5.41) is 3.26. The summed E-state index contributed by atoms with van der Waals surface area (Å²) in [6.45, 7) is 4.71. The third kappa shape index (κ3) is 3.59. The Hall–Kier alpha value is -2.58. The van der Waals surface area contributed by atoms with E-state index in [1.807, 2.05) is 0 Å². The van der Waals surface area contributed by atoms with Gasteiger partial charge in [-0.3, -0.25) is 4.90 Å². The van der Waals surface area contributed by atoms with Crippen molar-refractivity contribution >= 4 is 29.2 Å². The number of nitrogens with zero attached hydrogens (tertiary/aromatic N) is 2. The second kappa shape index (κ2) is 7.12. The van der Waals surface area contributed by atoms with E-state index in [2.05, 4.69) is 16.9 Å². The molecule has 1 fully saturated rings. The maximum atomic E-state index is 11.9. The molecule has 132 valence electrons. The van der Waals surface area contributed by atoms with Crippen LogP contribution in [0.2, 0.25) is 5.15 Å². The molecule has 0 saturated carbocycles. The van der Waals surface area contributed by atoms with Gasteiger partial charge in [0.2, 0.25) is 0 Å². The number of carbonyl (C=O) groups excluding carboxylic acids is 2. The van der Waals surface area contributed by atoms with Gasteiger partial charge in [0.1, 0.15) is 0 Å². The van der Waals surface area contributed by atoms with Gasteiger partial charge in [0.25, 0.3) is 0 Å². The fraction of sp³-hybridized carbons (Fsp3) is 0.312. The number of pyridine rings is 1. The standard InChI is InChI=1S/C16H16ClN3O5/c1-2-23-12-8-11(9-19-15(12)17)20-7-3-6-18-10-16(20)24-13(21)4-5-14(22)25-16/h2,4-5,8-9,18H,1,3,6-7,10H2. The summed E-state index contributed by atoms with van der Waals surface area (Å²) in [5.41, 5.74) is 0.521. The van der Waals surface area contributed by atoms with Crippen LogP contribution in [0.1, 0.15) is 6.42 Å². The zero-order chi connectivity index (χ0) is 17.9. The molecule has 0 unspecified atom stereocenters. The van der Waals surface area contributed by atoms with Gasteiger partial charge in [0, 0.05) is 24.8 Å². The summed E-state index contributed by atoms with van der Waals surface area (Å²) in [6, 6.07) is 1.62. The molecule has 0 amide bonds. The Morgan fingerprint density at radius 2 is 2.08 bits per heavy atom. The Kier molecular flexibility index (Phi) is 4.91. The van der Waals surface area contributed by atoms with Crippen LogP contribution in [0.15, 0.2) is 37.3 Å². The molecule has 0 aromatic carbocycles. The molecule has 1 saturated heterocycles. The number of esters is 2. The van der Waals surface area contributed by atoms with Crippen molar-refractivity contribution in [2.24, 2.45) is 0 Å². The van der Waals surface area contributed by atoms with Gasteiger partial charge in [-0.05, 0) is 13.0 Å². The van der Waals surface area contributed by atoms with Gasteiger partial charge in [0.15, 0.2) is 10.9 Å². The quantitative estimate of drug-likeness (QED) is 0.488. The summed E-state index contributed by atoms with van der Waals surface area (Å²) >= 11 is 6.00. The van der Waals surface area contributed by atoms with Gasteiger partial charge in [-0.2, -0.15) is 0 Å². The van der Waals surface area contributed by atoms with E-state index in [4.69, 9.17) is 25.8 Å². The molecule has 0 bridgehead atoms. The SMILES string of the molecule is C=COc1cc(N2CCCNCC23OC(=O)C=CC(=O)O3)cnc1Cl. The van der Waals surface area contributed by atoms with Crippen LogP contribution < -0.4 is 15.0 Å². The van der Waals surface area contributed by atoms with Crippen molar-refractivity contribution < 1.29 is 23.8 Å². The summed E-state index contributed by atoms with van der Waals surface area (Å²) in [4.78, 5) is 29.6. The molecule has 0 aliphatic carbocycles. The van der Waals surface area contributed by atoms with Gasteiger partial charge < -0.3 is 19.5 Å². The van der Waals surface area contributed by atoms with Crippen LogP contribution in [0.5, 0.6) is 5.75 Å². The first-order chi connectivity index (χ1) is 12.0. The van der Waals surface area contributed by atoms with Crippen molar-refractivity contribution in [2.75, 3.05) is 24.5 Å². The molecule has 9 heteroatoms. The first-order valence-electron chi connectivity index (χ1n) is 7.59. The van der Waals surface area contributed by atoms with E-state index in [0.29, 0.717) is 18.8 Å². The van der Waals surface area contributed by atoms with Gasteiger partial charge in [-0.15, -0.1) is 0 Å². The van der Waals surface area contributed by atoms with Crippen LogP contribution in [0.25, 0.3) is 0 Å². The molecule has 25 heavy (non-hydrogen) atoms. The molecule has 1 aromatic heterocycles. The van der Waals surface area contributed by atoms with Gasteiger partial charge in [0.05, 0.1) is 24.7 Å². The lowest BCUT2D eigenvalue weighted by Gasteiger charge is -2.40. The van der Waals surface area contributed by atoms with Crippen LogP contribution in [0.3, 0.4) is 0 Å². The van der Waals surface area contributed by atoms with E-state index in [-0.39, 0.29) is 17.4 Å². The average Bonchev–Trinajstić information content (AvgIpc) is 2.86. The number of hydrogen-bond donors (Lipinski definition) is 1. The summed E-state index contributed by atoms with van der Waals surface area (Å²) < 4.78 is 16.2. The monoisotopic (exact) mass is 365 g/mol. The smallest absolute Gasteiger partial charge is 0.356 e. The van der Waals surface area contributed by atoms with Gasteiger partial charge in [-0.25, -0.2) is 14.6 Å². The van der Waals surface area contributed by atoms with Crippen molar-refractivity contribution in [3.63, 3.8) is 0 Å². The zero-order valence-corrected chi connectivity index (χ0v) is 14.0. The van der Waals surface area contributed by atoms with E-state index >= 15 is 0 Å². The van der Waals surface area contributed by atoms with Crippen LogP contribution in [0, 0.1) is 0 Å². The van der Waals surface area contributed by atoms with E-state index in [9.17, 15) is 9.59 Å². The maximum absolute atomic E-state index is 11.9. The molecule has 1 spiro atoms. The number of carbonyl (C=O) groups is 2. The molecule has 3 heterocycles. The largest absolute Gasteiger partial charge is 0.462 e. The summed E-state index contributed by atoms with van der Waals surface area (Å²) in [5.74, 6) is -2.70. The number of hydrogen-bond acceptors (Lipinski definition) is 8. The van der Waals surface area contributed by atoms with Crippen molar-refractivity contribution in [2.45, 2.75) is 12.3 Å². The highest BCUT2D eigenvalue weighted by Gasteiger charge is 2.47. The minimum absolute atomic E-state index is 0.104. The summed E-state index contributed by atoms with van der Waals surface area (Å²) in [7, 11) is 0. The number of halogens is 1. The van der Waals surface area contributed by atoms with Gasteiger partial charge in [-0.1, -0.05) is 18.2 Å². The predicted molar refractivity (Wildman–Crippen MR) is 89.0 cm³/mol. The molecule has 1 N–H and O–H groups in total. The highest BCUT2D eigenvalue weighted by atomic mass is 35.5. The lowest BCUT2D eigenvalue weighted by atomic mass is 10.2. The first-order valence-corrected chi connectivity index (χ1v) is 7.97. The van der Waals surface area contributed by atoms with E-state index in [1.165, 1.54) is 12.5 Å². The number of nitrogens with one attached hydrogen (secondary N) is 1. The third-order valence-corrected chi connectivity index (χ3v) is 3.97. The lowest BCUT2D eigenvalue weighted by molar-refractivity contribution is -0.217. The van der Waals surface area contributed by atoms with E-state index in [0.717, 1.165) is 18.6 Å². The third-order valence-electron chi connectivity index (χ3n) is 3.68. The first kappa shape index (κ1) is 17.2. The second-order valence-corrected chi connectivity index (χ2v) is 5.70.